The summed E-state index contributed by atoms with van der Waals surface area (Å²) in [5, 5.41) is 3.30. The van der Waals surface area contributed by atoms with Gasteiger partial charge in [0.15, 0.2) is 0 Å². The van der Waals surface area contributed by atoms with Crippen molar-refractivity contribution >= 4 is 29.1 Å². The number of hydrogen-bond donors (Lipinski definition) is 2. The van der Waals surface area contributed by atoms with Crippen molar-refractivity contribution in [1.82, 2.24) is 0 Å². The molecular formula is C15H13ClN2O2. The van der Waals surface area contributed by atoms with E-state index in [0.717, 1.165) is 5.56 Å². The average molecular weight is 289 g/mol. The minimum atomic E-state index is -0.571. The first kappa shape index (κ1) is 14.1. The number of hydrogen-bond acceptors (Lipinski definition) is 2. The molecule has 20 heavy (non-hydrogen) atoms. The maximum atomic E-state index is 12.1. The van der Waals surface area contributed by atoms with E-state index in [0.29, 0.717) is 21.8 Å². The minimum Gasteiger partial charge on any atom is -0.366 e. The molecule has 5 heteroatoms. The summed E-state index contributed by atoms with van der Waals surface area (Å²) in [7, 11) is 0. The summed E-state index contributed by atoms with van der Waals surface area (Å²) in [5.74, 6) is -0.892. The number of aryl methyl sites for hydroxylation is 1. The van der Waals surface area contributed by atoms with Gasteiger partial charge in [0.05, 0.1) is 0 Å². The van der Waals surface area contributed by atoms with Crippen molar-refractivity contribution in [1.29, 1.82) is 0 Å². The summed E-state index contributed by atoms with van der Waals surface area (Å²) in [6.07, 6.45) is 0. The largest absolute Gasteiger partial charge is 0.366 e. The number of benzene rings is 2. The maximum Gasteiger partial charge on any atom is 0.255 e. The molecule has 0 fully saturated rings. The highest BCUT2D eigenvalue weighted by molar-refractivity contribution is 6.31. The number of nitrogens with one attached hydrogen (secondary N) is 1. The van der Waals surface area contributed by atoms with Crippen molar-refractivity contribution in [2.45, 2.75) is 6.92 Å². The molecule has 0 saturated heterocycles. The number of halogens is 1. The zero-order chi connectivity index (χ0) is 14.7. The summed E-state index contributed by atoms with van der Waals surface area (Å²) < 4.78 is 0. The fourth-order valence-electron chi connectivity index (χ4n) is 1.74. The van der Waals surface area contributed by atoms with Crippen molar-refractivity contribution in [3.8, 4) is 0 Å². The molecule has 2 aromatic carbocycles. The summed E-state index contributed by atoms with van der Waals surface area (Å²) in [5.41, 5.74) is 7.37. The Balaban J connectivity index is 2.26. The van der Waals surface area contributed by atoms with Crippen LogP contribution < -0.4 is 11.1 Å². The SMILES string of the molecule is Cc1ccc(Cl)cc1NC(=O)c1cccc(C(N)=O)c1. The lowest BCUT2D eigenvalue weighted by Crippen LogP contribution is -2.15. The van der Waals surface area contributed by atoms with Crippen LogP contribution in [0.5, 0.6) is 0 Å². The molecule has 0 aromatic heterocycles. The Hall–Kier alpha value is -2.33. The second-order valence-electron chi connectivity index (χ2n) is 4.36. The molecule has 4 nitrogen and oxygen atoms in total. The number of primary amides is 1. The molecule has 0 heterocycles. The molecule has 2 aromatic rings. The van der Waals surface area contributed by atoms with E-state index in [2.05, 4.69) is 5.32 Å². The Labute approximate surface area is 121 Å². The normalized spacial score (nSPS) is 10.1. The lowest BCUT2D eigenvalue weighted by molar-refractivity contribution is 0.1000. The Morgan fingerprint density at radius 1 is 1.10 bits per heavy atom. The summed E-state index contributed by atoms with van der Waals surface area (Å²) in [6, 6.07) is 11.5. The number of anilines is 1. The molecule has 2 rings (SSSR count). The van der Waals surface area contributed by atoms with Gasteiger partial charge in [0.25, 0.3) is 5.91 Å². The quantitative estimate of drug-likeness (QED) is 0.911. The van der Waals surface area contributed by atoms with Crippen molar-refractivity contribution in [2.24, 2.45) is 5.73 Å². The van der Waals surface area contributed by atoms with Crippen LogP contribution in [0.2, 0.25) is 5.02 Å². The van der Waals surface area contributed by atoms with Gasteiger partial charge in [-0.1, -0.05) is 23.7 Å². The molecule has 0 radical (unpaired) electrons. The van der Waals surface area contributed by atoms with Gasteiger partial charge in [-0.25, -0.2) is 0 Å². The Morgan fingerprint density at radius 2 is 1.80 bits per heavy atom. The molecule has 0 spiro atoms. The van der Waals surface area contributed by atoms with Crippen LogP contribution in [0, 0.1) is 6.92 Å². The van der Waals surface area contributed by atoms with Crippen molar-refractivity contribution in [3.05, 3.63) is 64.2 Å². The van der Waals surface area contributed by atoms with Gasteiger partial charge in [-0.2, -0.15) is 0 Å². The molecule has 102 valence electrons. The van der Waals surface area contributed by atoms with Crippen molar-refractivity contribution in [3.63, 3.8) is 0 Å². The van der Waals surface area contributed by atoms with E-state index in [1.54, 1.807) is 30.3 Å². The van der Waals surface area contributed by atoms with Gasteiger partial charge < -0.3 is 11.1 Å². The molecule has 3 N–H and O–H groups in total. The molecule has 0 bridgehead atoms. The van der Waals surface area contributed by atoms with Crippen LogP contribution in [-0.4, -0.2) is 11.8 Å². The average Bonchev–Trinajstić information content (AvgIpc) is 2.43. The fourth-order valence-corrected chi connectivity index (χ4v) is 1.91. The number of carbonyl (C=O) groups is 2. The Morgan fingerprint density at radius 3 is 2.50 bits per heavy atom. The molecule has 0 atom stereocenters. The monoisotopic (exact) mass is 288 g/mol. The van der Waals surface area contributed by atoms with E-state index in [4.69, 9.17) is 17.3 Å². The number of rotatable bonds is 3. The highest BCUT2D eigenvalue weighted by Gasteiger charge is 2.10. The summed E-state index contributed by atoms with van der Waals surface area (Å²) in [6.45, 7) is 1.87. The van der Waals surface area contributed by atoms with E-state index in [-0.39, 0.29) is 5.91 Å². The highest BCUT2D eigenvalue weighted by Crippen LogP contribution is 2.21. The topological polar surface area (TPSA) is 72.2 Å². The summed E-state index contributed by atoms with van der Waals surface area (Å²) >= 11 is 5.90. The third kappa shape index (κ3) is 3.16. The van der Waals surface area contributed by atoms with E-state index in [1.807, 2.05) is 13.0 Å². The highest BCUT2D eigenvalue weighted by atomic mass is 35.5. The van der Waals surface area contributed by atoms with Crippen LogP contribution in [0.1, 0.15) is 26.3 Å². The van der Waals surface area contributed by atoms with Gasteiger partial charge in [0.2, 0.25) is 5.91 Å². The van der Waals surface area contributed by atoms with Gasteiger partial charge in [-0.3, -0.25) is 9.59 Å². The van der Waals surface area contributed by atoms with Crippen molar-refractivity contribution < 1.29 is 9.59 Å². The lowest BCUT2D eigenvalue weighted by atomic mass is 10.1. The molecule has 0 unspecified atom stereocenters. The predicted molar refractivity (Wildman–Crippen MR) is 79.1 cm³/mol. The van der Waals surface area contributed by atoms with Crippen LogP contribution >= 0.6 is 11.6 Å². The Kier molecular flexibility index (Phi) is 4.05. The molecule has 0 aliphatic rings. The van der Waals surface area contributed by atoms with E-state index in [9.17, 15) is 9.59 Å². The predicted octanol–water partition coefficient (Wildman–Crippen LogP) is 3.00. The van der Waals surface area contributed by atoms with E-state index < -0.39 is 5.91 Å². The standard InChI is InChI=1S/C15H13ClN2O2/c1-9-5-6-12(16)8-13(9)18-15(20)11-4-2-3-10(7-11)14(17)19/h2-8H,1H3,(H2,17,19)(H,18,20). The minimum absolute atomic E-state index is 0.292. The lowest BCUT2D eigenvalue weighted by Gasteiger charge is -2.09. The Bertz CT molecular complexity index is 683. The number of amides is 2. The molecule has 0 aliphatic heterocycles. The van der Waals surface area contributed by atoms with Gasteiger partial charge in [-0.05, 0) is 42.8 Å². The van der Waals surface area contributed by atoms with Gasteiger partial charge in [-0.15, -0.1) is 0 Å². The molecule has 0 saturated carbocycles. The number of carbonyl (C=O) groups excluding carboxylic acids is 2. The van der Waals surface area contributed by atoms with Crippen LogP contribution in [0.25, 0.3) is 0 Å². The maximum absolute atomic E-state index is 12.1. The van der Waals surface area contributed by atoms with Crippen LogP contribution in [0.4, 0.5) is 5.69 Å². The third-order valence-electron chi connectivity index (χ3n) is 2.86. The van der Waals surface area contributed by atoms with Crippen molar-refractivity contribution in [2.75, 3.05) is 5.32 Å². The van der Waals surface area contributed by atoms with Gasteiger partial charge in [0, 0.05) is 21.8 Å². The molecular weight excluding hydrogens is 276 g/mol. The van der Waals surface area contributed by atoms with Crippen LogP contribution in [0.15, 0.2) is 42.5 Å². The fraction of sp³-hybridized carbons (Fsp3) is 0.0667. The molecule has 2 amide bonds. The zero-order valence-electron chi connectivity index (χ0n) is 10.8. The van der Waals surface area contributed by atoms with E-state index >= 15 is 0 Å². The first-order valence-electron chi connectivity index (χ1n) is 5.95. The van der Waals surface area contributed by atoms with Crippen LogP contribution in [-0.2, 0) is 0 Å². The van der Waals surface area contributed by atoms with Crippen LogP contribution in [0.3, 0.4) is 0 Å². The zero-order valence-corrected chi connectivity index (χ0v) is 11.6. The second-order valence-corrected chi connectivity index (χ2v) is 4.79. The summed E-state index contributed by atoms with van der Waals surface area (Å²) in [4.78, 5) is 23.3. The number of nitrogens with two attached hydrogens (primary N) is 1. The van der Waals surface area contributed by atoms with E-state index in [1.165, 1.54) is 6.07 Å². The molecule has 0 aliphatic carbocycles. The first-order valence-corrected chi connectivity index (χ1v) is 6.32. The van der Waals surface area contributed by atoms with Gasteiger partial charge in [0.1, 0.15) is 0 Å². The smallest absolute Gasteiger partial charge is 0.255 e. The van der Waals surface area contributed by atoms with Gasteiger partial charge >= 0.3 is 0 Å². The third-order valence-corrected chi connectivity index (χ3v) is 3.09. The first-order chi connectivity index (χ1) is 9.47. The second kappa shape index (κ2) is 5.75.